The molecule has 0 N–H and O–H groups in total. The molecule has 0 saturated heterocycles. The number of methoxy groups -OCH3 is 2. The van der Waals surface area contributed by atoms with E-state index in [-0.39, 0.29) is 0 Å². The van der Waals surface area contributed by atoms with E-state index in [1.54, 1.807) is 26.4 Å². The number of sulfone groups is 1. The van der Waals surface area contributed by atoms with Crippen LogP contribution in [0.15, 0.2) is 65.6 Å². The molecular weight excluding hydrogens is 360 g/mol. The van der Waals surface area contributed by atoms with Crippen LogP contribution in [0.5, 0.6) is 11.5 Å². The zero-order valence-electron chi connectivity index (χ0n) is 15.8. The summed E-state index contributed by atoms with van der Waals surface area (Å²) in [5, 5.41) is 0. The lowest BCUT2D eigenvalue weighted by molar-refractivity contribution is 0.389. The number of benzene rings is 3. The van der Waals surface area contributed by atoms with Gasteiger partial charge in [0.2, 0.25) is 0 Å². The maximum atomic E-state index is 11.7. The fourth-order valence-electron chi connectivity index (χ4n) is 3.11. The van der Waals surface area contributed by atoms with E-state index in [9.17, 15) is 8.42 Å². The van der Waals surface area contributed by atoms with Gasteiger partial charge in [0, 0.05) is 11.8 Å². The summed E-state index contributed by atoms with van der Waals surface area (Å²) in [6.07, 6.45) is 1.21. The first-order valence-electron chi connectivity index (χ1n) is 8.47. The molecule has 5 heteroatoms. The fraction of sp³-hybridized carbons (Fsp3) is 0.182. The summed E-state index contributed by atoms with van der Waals surface area (Å²) < 4.78 is 34.4. The van der Waals surface area contributed by atoms with Gasteiger partial charge in [0.15, 0.2) is 9.84 Å². The summed E-state index contributed by atoms with van der Waals surface area (Å²) in [5.74, 6) is 1.51. The van der Waals surface area contributed by atoms with Crippen molar-refractivity contribution in [2.75, 3.05) is 20.5 Å². The minimum absolute atomic E-state index is 0.308. The molecule has 0 aliphatic rings. The van der Waals surface area contributed by atoms with Gasteiger partial charge in [0.1, 0.15) is 11.5 Å². The van der Waals surface area contributed by atoms with Crippen LogP contribution in [-0.4, -0.2) is 28.9 Å². The van der Waals surface area contributed by atoms with Gasteiger partial charge in [0.25, 0.3) is 0 Å². The van der Waals surface area contributed by atoms with Gasteiger partial charge in [-0.2, -0.15) is 0 Å². The second kappa shape index (κ2) is 7.45. The topological polar surface area (TPSA) is 52.6 Å². The third kappa shape index (κ3) is 3.83. The Balaban J connectivity index is 2.15. The summed E-state index contributed by atoms with van der Waals surface area (Å²) in [6, 6.07) is 18.9. The Kier molecular flexibility index (Phi) is 5.24. The van der Waals surface area contributed by atoms with E-state index >= 15 is 0 Å². The molecule has 3 aromatic carbocycles. The van der Waals surface area contributed by atoms with Crippen LogP contribution in [0.3, 0.4) is 0 Å². The molecule has 4 nitrogen and oxygen atoms in total. The number of ether oxygens (including phenoxy) is 2. The Bertz CT molecular complexity index is 1040. The van der Waals surface area contributed by atoms with Crippen molar-refractivity contribution in [3.8, 4) is 33.8 Å². The molecule has 0 fully saturated rings. The maximum absolute atomic E-state index is 11.7. The molecule has 0 heterocycles. The largest absolute Gasteiger partial charge is 0.496 e. The molecule has 0 atom stereocenters. The van der Waals surface area contributed by atoms with Crippen molar-refractivity contribution in [2.45, 2.75) is 11.8 Å². The highest BCUT2D eigenvalue weighted by molar-refractivity contribution is 7.90. The summed E-state index contributed by atoms with van der Waals surface area (Å²) in [5.41, 5.74) is 4.87. The second-order valence-electron chi connectivity index (χ2n) is 6.35. The van der Waals surface area contributed by atoms with E-state index in [0.29, 0.717) is 4.90 Å². The lowest BCUT2D eigenvalue weighted by atomic mass is 9.93. The van der Waals surface area contributed by atoms with E-state index in [4.69, 9.17) is 9.47 Å². The van der Waals surface area contributed by atoms with Crippen molar-refractivity contribution < 1.29 is 17.9 Å². The van der Waals surface area contributed by atoms with Crippen molar-refractivity contribution in [3.05, 3.63) is 66.2 Å². The smallest absolute Gasteiger partial charge is 0.175 e. The summed E-state index contributed by atoms with van der Waals surface area (Å²) in [4.78, 5) is 0.308. The maximum Gasteiger partial charge on any atom is 0.175 e. The van der Waals surface area contributed by atoms with Gasteiger partial charge in [0.05, 0.1) is 19.1 Å². The Morgan fingerprint density at radius 3 is 1.67 bits per heavy atom. The first kappa shape index (κ1) is 19.0. The average molecular weight is 382 g/mol. The summed E-state index contributed by atoms with van der Waals surface area (Å²) in [6.45, 7) is 1.96. The van der Waals surface area contributed by atoms with Crippen molar-refractivity contribution in [1.82, 2.24) is 0 Å². The second-order valence-corrected chi connectivity index (χ2v) is 8.36. The van der Waals surface area contributed by atoms with E-state index in [1.807, 2.05) is 55.5 Å². The first-order valence-corrected chi connectivity index (χ1v) is 10.4. The van der Waals surface area contributed by atoms with Gasteiger partial charge in [-0.3, -0.25) is 0 Å². The molecule has 3 aromatic rings. The zero-order chi connectivity index (χ0) is 19.6. The van der Waals surface area contributed by atoms with Crippen LogP contribution >= 0.6 is 0 Å². The summed E-state index contributed by atoms with van der Waals surface area (Å²) in [7, 11) is 0.0606. The van der Waals surface area contributed by atoms with Crippen LogP contribution in [0.1, 0.15) is 5.56 Å². The predicted octanol–water partition coefficient (Wildman–Crippen LogP) is 4.75. The lowest BCUT2D eigenvalue weighted by Crippen LogP contribution is -1.96. The minimum atomic E-state index is -3.22. The number of rotatable bonds is 5. The quantitative estimate of drug-likeness (QED) is 0.639. The molecule has 0 aromatic heterocycles. The zero-order valence-corrected chi connectivity index (χ0v) is 16.6. The van der Waals surface area contributed by atoms with Gasteiger partial charge >= 0.3 is 0 Å². The Morgan fingerprint density at radius 2 is 1.22 bits per heavy atom. The van der Waals surface area contributed by atoms with E-state index in [0.717, 1.165) is 39.3 Å². The molecule has 0 aliphatic carbocycles. The lowest BCUT2D eigenvalue weighted by Gasteiger charge is -2.15. The Labute approximate surface area is 160 Å². The fourth-order valence-corrected chi connectivity index (χ4v) is 3.74. The SMILES string of the molecule is COc1cc(-c2ccccc2-c2ccc(S(C)(=O)=O)cc2)cc(OC)c1C. The van der Waals surface area contributed by atoms with Gasteiger partial charge < -0.3 is 9.47 Å². The van der Waals surface area contributed by atoms with Gasteiger partial charge in [-0.05, 0) is 53.4 Å². The Hall–Kier alpha value is -2.79. The van der Waals surface area contributed by atoms with E-state index in [1.165, 1.54) is 6.26 Å². The average Bonchev–Trinajstić information content (AvgIpc) is 2.67. The molecule has 0 bridgehead atoms. The van der Waals surface area contributed by atoms with E-state index < -0.39 is 9.84 Å². The minimum Gasteiger partial charge on any atom is -0.496 e. The van der Waals surface area contributed by atoms with Crippen molar-refractivity contribution in [2.24, 2.45) is 0 Å². The van der Waals surface area contributed by atoms with Crippen LogP contribution in [0, 0.1) is 6.92 Å². The van der Waals surface area contributed by atoms with Crippen molar-refractivity contribution in [3.63, 3.8) is 0 Å². The Morgan fingerprint density at radius 1 is 0.741 bits per heavy atom. The third-order valence-corrected chi connectivity index (χ3v) is 5.71. The molecule has 0 spiro atoms. The van der Waals surface area contributed by atoms with Gasteiger partial charge in [-0.15, -0.1) is 0 Å². The van der Waals surface area contributed by atoms with Crippen LogP contribution in [0.4, 0.5) is 0 Å². The highest BCUT2D eigenvalue weighted by Gasteiger charge is 2.14. The highest BCUT2D eigenvalue weighted by Crippen LogP contribution is 2.38. The summed E-state index contributed by atoms with van der Waals surface area (Å²) >= 11 is 0. The van der Waals surface area contributed by atoms with E-state index in [2.05, 4.69) is 0 Å². The molecular formula is C22H22O4S. The molecule has 0 radical (unpaired) electrons. The van der Waals surface area contributed by atoms with Crippen molar-refractivity contribution in [1.29, 1.82) is 0 Å². The molecule has 0 aliphatic heterocycles. The van der Waals surface area contributed by atoms with Crippen LogP contribution in [0.25, 0.3) is 22.3 Å². The van der Waals surface area contributed by atoms with Crippen LogP contribution < -0.4 is 9.47 Å². The predicted molar refractivity (Wildman–Crippen MR) is 108 cm³/mol. The molecule has 0 saturated carbocycles. The van der Waals surface area contributed by atoms with Gasteiger partial charge in [-0.1, -0.05) is 36.4 Å². The number of hydrogen-bond acceptors (Lipinski definition) is 4. The number of hydrogen-bond donors (Lipinski definition) is 0. The molecule has 140 valence electrons. The first-order chi connectivity index (χ1) is 12.8. The molecule has 0 unspecified atom stereocenters. The normalized spacial score (nSPS) is 11.3. The van der Waals surface area contributed by atoms with Gasteiger partial charge in [-0.25, -0.2) is 8.42 Å². The molecule has 0 amide bonds. The molecule has 27 heavy (non-hydrogen) atoms. The van der Waals surface area contributed by atoms with Crippen molar-refractivity contribution >= 4 is 9.84 Å². The monoisotopic (exact) mass is 382 g/mol. The van der Waals surface area contributed by atoms with Crippen LogP contribution in [-0.2, 0) is 9.84 Å². The standard InChI is InChI=1S/C22H22O4S/c1-15-21(25-2)13-17(14-22(15)26-3)20-8-6-5-7-19(20)16-9-11-18(12-10-16)27(4,23)24/h5-14H,1-4H3. The molecule has 3 rings (SSSR count). The van der Waals surface area contributed by atoms with Crippen LogP contribution in [0.2, 0.25) is 0 Å². The highest BCUT2D eigenvalue weighted by atomic mass is 32.2. The third-order valence-electron chi connectivity index (χ3n) is 4.58.